The SMILES string of the molecule is CSF.Fc1ccc([C@H]2c3ccccc3CCN2C2=NC3(CO2)CN2CCC3CC2)cc1.Fc1ccc([C@H]2c3ccccc3CCN2C2=N[C@@]3(CO2)CN2CCC3CC2)cc1.Fc1ccc([C@H]2c3ccccc3CCN2C2=N[C@]3(CO2)CN2CCC3CC2)cc1. The normalized spacial score (nSPS) is 31.9. The van der Waals surface area contributed by atoms with Crippen LogP contribution in [0.4, 0.5) is 17.1 Å². The highest BCUT2D eigenvalue weighted by molar-refractivity contribution is 7.93. The second kappa shape index (κ2) is 24.9. The number of hydrogen-bond donors (Lipinski definition) is 0. The molecule has 0 aliphatic carbocycles. The second-order valence-corrected chi connectivity index (χ2v) is 27.3. The number of fused-ring (bicyclic) bond motifs is 9. The first-order valence-electron chi connectivity index (χ1n) is 32.9. The lowest BCUT2D eigenvalue weighted by Gasteiger charge is -2.48. The van der Waals surface area contributed by atoms with Gasteiger partial charge >= 0.3 is 0 Å². The Morgan fingerprint density at radius 2 is 0.633 bits per heavy atom. The van der Waals surface area contributed by atoms with Crippen molar-refractivity contribution in [3.05, 3.63) is 213 Å². The van der Waals surface area contributed by atoms with Crippen molar-refractivity contribution in [2.75, 3.05) is 105 Å². The van der Waals surface area contributed by atoms with E-state index in [4.69, 9.17) is 29.2 Å². The average molecular weight is 1240 g/mol. The molecule has 6 atom stereocenters. The van der Waals surface area contributed by atoms with Gasteiger partial charge in [-0.25, -0.2) is 28.1 Å². The molecule has 12 nitrogen and oxygen atoms in total. The van der Waals surface area contributed by atoms with Crippen molar-refractivity contribution < 1.29 is 31.3 Å². The molecule has 0 amide bonds. The fourth-order valence-corrected chi connectivity index (χ4v) is 17.4. The summed E-state index contributed by atoms with van der Waals surface area (Å²) in [6, 6.07) is 48.8. The maximum Gasteiger partial charge on any atom is 0.288 e. The van der Waals surface area contributed by atoms with Crippen LogP contribution < -0.4 is 0 Å². The lowest BCUT2D eigenvalue weighted by molar-refractivity contribution is 0.0157. The molecule has 470 valence electrons. The molecule has 0 aromatic heterocycles. The summed E-state index contributed by atoms with van der Waals surface area (Å²) in [7, 11) is 0. The lowest BCUT2D eigenvalue weighted by atomic mass is 9.74. The zero-order valence-electron chi connectivity index (χ0n) is 51.5. The molecule has 3 spiro atoms. The summed E-state index contributed by atoms with van der Waals surface area (Å²) in [5, 5.41) is 0. The zero-order chi connectivity index (χ0) is 61.0. The van der Waals surface area contributed by atoms with Gasteiger partial charge in [0.05, 0.1) is 18.1 Å². The Balaban J connectivity index is 0.000000110. The van der Waals surface area contributed by atoms with Gasteiger partial charge in [0.1, 0.15) is 53.9 Å². The molecule has 15 heterocycles. The van der Waals surface area contributed by atoms with Crippen molar-refractivity contribution in [2.45, 2.75) is 92.5 Å². The Morgan fingerprint density at radius 3 is 0.878 bits per heavy atom. The van der Waals surface area contributed by atoms with E-state index in [1.54, 1.807) is 36.4 Å². The quantitative estimate of drug-likeness (QED) is 0.160. The van der Waals surface area contributed by atoms with Crippen LogP contribution in [0.2, 0.25) is 0 Å². The van der Waals surface area contributed by atoms with E-state index in [9.17, 15) is 17.1 Å². The van der Waals surface area contributed by atoms with Crippen molar-refractivity contribution in [3.8, 4) is 0 Å². The minimum Gasteiger partial charge on any atom is -0.462 e. The summed E-state index contributed by atoms with van der Waals surface area (Å²) in [6.07, 6.45) is 11.6. The summed E-state index contributed by atoms with van der Waals surface area (Å²) in [5.41, 5.74) is 10.9. The van der Waals surface area contributed by atoms with Crippen LogP contribution in [-0.2, 0) is 33.5 Å². The lowest BCUT2D eigenvalue weighted by Crippen LogP contribution is -2.58. The van der Waals surface area contributed by atoms with E-state index in [0.29, 0.717) is 37.6 Å². The summed E-state index contributed by atoms with van der Waals surface area (Å²) >= 11 is 0.250. The molecule has 15 aliphatic rings. The molecular formula is C73H81F4N9O3S. The van der Waals surface area contributed by atoms with Crippen LogP contribution in [0.1, 0.15) is 107 Å². The number of amidine groups is 3. The summed E-state index contributed by atoms with van der Waals surface area (Å²) < 4.78 is 69.9. The Morgan fingerprint density at radius 1 is 0.378 bits per heavy atom. The number of hydrogen-bond acceptors (Lipinski definition) is 13. The van der Waals surface area contributed by atoms with Crippen molar-refractivity contribution in [2.24, 2.45) is 32.7 Å². The first-order chi connectivity index (χ1) is 44.1. The van der Waals surface area contributed by atoms with Crippen LogP contribution in [0, 0.1) is 35.2 Å². The molecule has 21 rings (SSSR count). The Hall–Kier alpha value is -6.92. The van der Waals surface area contributed by atoms with Gasteiger partial charge in [-0.15, -0.1) is 0 Å². The van der Waals surface area contributed by atoms with Gasteiger partial charge in [0.2, 0.25) is 0 Å². The number of aliphatic imine (C=N–C) groups is 3. The van der Waals surface area contributed by atoms with E-state index in [1.807, 2.05) is 36.4 Å². The minimum atomic E-state index is -0.204. The van der Waals surface area contributed by atoms with Crippen LogP contribution >= 0.6 is 12.1 Å². The highest BCUT2D eigenvalue weighted by Crippen LogP contribution is 2.48. The number of piperidine rings is 9. The number of halogens is 4. The summed E-state index contributed by atoms with van der Waals surface area (Å²) in [4.78, 5) is 30.3. The molecule has 6 aromatic rings. The molecule has 1 unspecified atom stereocenters. The number of benzene rings is 6. The minimum absolute atomic E-state index is 0.00975. The van der Waals surface area contributed by atoms with E-state index in [1.165, 1.54) is 117 Å². The van der Waals surface area contributed by atoms with Crippen molar-refractivity contribution in [1.29, 1.82) is 0 Å². The van der Waals surface area contributed by atoms with Crippen molar-refractivity contribution in [1.82, 2.24) is 29.4 Å². The van der Waals surface area contributed by atoms with E-state index >= 15 is 0 Å². The largest absolute Gasteiger partial charge is 0.462 e. The third-order valence-electron chi connectivity index (χ3n) is 22.0. The van der Waals surface area contributed by atoms with E-state index in [2.05, 4.69) is 102 Å². The highest BCUT2D eigenvalue weighted by atomic mass is 32.2. The Bertz CT molecular complexity index is 3260. The maximum absolute atomic E-state index is 13.6. The number of nitrogens with zero attached hydrogens (tertiary/aromatic N) is 9. The van der Waals surface area contributed by atoms with Gasteiger partial charge in [-0.1, -0.05) is 109 Å². The first kappa shape index (κ1) is 59.4. The van der Waals surface area contributed by atoms with E-state index < -0.39 is 0 Å². The molecule has 90 heavy (non-hydrogen) atoms. The van der Waals surface area contributed by atoms with Gasteiger partial charge in [0, 0.05) is 57.7 Å². The third kappa shape index (κ3) is 11.2. The third-order valence-corrected chi connectivity index (χ3v) is 22.0. The second-order valence-electron chi connectivity index (χ2n) is 27.0. The van der Waals surface area contributed by atoms with Crippen LogP contribution in [-0.4, -0.2) is 169 Å². The maximum atomic E-state index is 13.6. The Kier molecular flexibility index (Phi) is 16.5. The summed E-state index contributed by atoms with van der Waals surface area (Å²) in [6.45, 7) is 14.9. The van der Waals surface area contributed by atoms with Crippen LogP contribution in [0.5, 0.6) is 0 Å². The predicted molar refractivity (Wildman–Crippen MR) is 346 cm³/mol. The Labute approximate surface area is 531 Å². The van der Waals surface area contributed by atoms with Gasteiger partial charge in [-0.05, 0) is 201 Å². The van der Waals surface area contributed by atoms with Crippen molar-refractivity contribution >= 4 is 30.2 Å². The molecular weight excluding hydrogens is 1160 g/mol. The molecule has 0 radical (unpaired) electrons. The van der Waals surface area contributed by atoms with E-state index in [-0.39, 0.29) is 64.3 Å². The predicted octanol–water partition coefficient (Wildman–Crippen LogP) is 12.1. The van der Waals surface area contributed by atoms with E-state index in [0.717, 1.165) is 93.3 Å². The standard InChI is InChI=1S/3C24H26FN3O.CH3FS/c3*25-20-7-5-18(6-8-20)22-21-4-2-1-3-17(21)9-14-28(22)23-26-24(16-29-23)15-27-12-10-19(24)11-13-27;1-3-2/h3*1-8,19,22H,9-16H2;1H3/t22-,24?;22-,24+;22-,24-;/m000./s1. The smallest absolute Gasteiger partial charge is 0.288 e. The van der Waals surface area contributed by atoms with Crippen molar-refractivity contribution in [3.63, 3.8) is 0 Å². The highest BCUT2D eigenvalue weighted by Gasteiger charge is 2.55. The zero-order valence-corrected chi connectivity index (χ0v) is 52.3. The fourth-order valence-electron chi connectivity index (χ4n) is 17.4. The monoisotopic (exact) mass is 1240 g/mol. The molecule has 9 saturated heterocycles. The summed E-state index contributed by atoms with van der Waals surface area (Å²) in [5.74, 6) is 1.28. The number of ether oxygens (including phenoxy) is 3. The van der Waals surface area contributed by atoms with Gasteiger partial charge in [-0.3, -0.25) is 0 Å². The molecule has 6 bridgehead atoms. The topological polar surface area (TPSA) is 84.2 Å². The molecule has 9 fully saturated rings. The van der Waals surface area contributed by atoms with Crippen LogP contribution in [0.15, 0.2) is 161 Å². The van der Waals surface area contributed by atoms with Gasteiger partial charge in [0.25, 0.3) is 18.1 Å². The molecule has 17 heteroatoms. The molecule has 6 aromatic carbocycles. The van der Waals surface area contributed by atoms with Gasteiger partial charge < -0.3 is 43.6 Å². The fraction of sp³-hybridized carbons (Fsp3) is 0.466. The van der Waals surface area contributed by atoms with Crippen LogP contribution in [0.3, 0.4) is 0 Å². The molecule has 0 N–H and O–H groups in total. The molecule has 15 aliphatic heterocycles. The van der Waals surface area contributed by atoms with Gasteiger partial charge in [0.15, 0.2) is 0 Å². The van der Waals surface area contributed by atoms with Gasteiger partial charge in [-0.2, -0.15) is 3.89 Å². The first-order valence-corrected chi connectivity index (χ1v) is 34.0. The van der Waals surface area contributed by atoms with Crippen LogP contribution in [0.25, 0.3) is 0 Å². The number of rotatable bonds is 3. The molecule has 0 saturated carbocycles. The average Bonchev–Trinajstić information content (AvgIpc) is 1.61.